The molecule has 12 heavy (non-hydrogen) atoms. The fraction of sp³-hybridized carbons (Fsp3) is 0.700. The number of hydrogen-bond acceptors (Lipinski definition) is 1. The molecular weight excluding hydrogens is 150 g/mol. The normalized spacial score (nSPS) is 49.2. The van der Waals surface area contributed by atoms with Gasteiger partial charge in [-0.15, -0.1) is 0 Å². The number of carbonyl (C=O) groups excluding carboxylic acids is 1. The van der Waals surface area contributed by atoms with Gasteiger partial charge in [-0.1, -0.05) is 12.2 Å². The summed E-state index contributed by atoms with van der Waals surface area (Å²) in [4.78, 5) is 11.6. The molecule has 2 aliphatic carbocycles. The predicted molar refractivity (Wildman–Crippen MR) is 45.4 cm³/mol. The number of hydrogen-bond donors (Lipinski definition) is 1. The average molecular weight is 163 g/mol. The molecule has 2 unspecified atom stereocenters. The van der Waals surface area contributed by atoms with Crippen LogP contribution in [0.15, 0.2) is 12.2 Å². The Balaban J connectivity index is 2.02. The van der Waals surface area contributed by atoms with E-state index in [1.54, 1.807) is 0 Å². The first kappa shape index (κ1) is 6.70. The van der Waals surface area contributed by atoms with Crippen molar-refractivity contribution in [1.82, 2.24) is 5.32 Å². The van der Waals surface area contributed by atoms with Crippen molar-refractivity contribution in [3.63, 3.8) is 0 Å². The third kappa shape index (κ3) is 0.598. The maximum atomic E-state index is 11.6. The van der Waals surface area contributed by atoms with E-state index in [-0.39, 0.29) is 5.41 Å². The zero-order valence-electron chi connectivity index (χ0n) is 7.05. The van der Waals surface area contributed by atoms with Gasteiger partial charge in [-0.05, 0) is 31.1 Å². The van der Waals surface area contributed by atoms with E-state index in [2.05, 4.69) is 17.5 Å². The molecule has 3 atom stereocenters. The molecule has 1 aliphatic heterocycles. The highest BCUT2D eigenvalue weighted by Gasteiger charge is 2.54. The minimum Gasteiger partial charge on any atom is -0.356 e. The van der Waals surface area contributed by atoms with E-state index in [0.29, 0.717) is 17.7 Å². The zero-order chi connectivity index (χ0) is 8.18. The molecular formula is C10H13NO. The quantitative estimate of drug-likeness (QED) is 0.532. The Bertz CT molecular complexity index is 271. The van der Waals surface area contributed by atoms with Crippen molar-refractivity contribution >= 4 is 5.91 Å². The summed E-state index contributed by atoms with van der Waals surface area (Å²) in [5.74, 6) is 1.59. The van der Waals surface area contributed by atoms with Gasteiger partial charge < -0.3 is 5.32 Å². The Morgan fingerprint density at radius 3 is 2.92 bits per heavy atom. The number of rotatable bonds is 0. The Kier molecular flexibility index (Phi) is 1.07. The summed E-state index contributed by atoms with van der Waals surface area (Å²) in [7, 11) is 0. The summed E-state index contributed by atoms with van der Waals surface area (Å²) < 4.78 is 0. The SMILES string of the molecule is O=C1NCC[C@@]12CC1C=CC2C1. The fourth-order valence-corrected chi connectivity index (χ4v) is 3.19. The van der Waals surface area contributed by atoms with E-state index in [1.165, 1.54) is 6.42 Å². The zero-order valence-corrected chi connectivity index (χ0v) is 7.05. The number of nitrogens with one attached hydrogen (secondary N) is 1. The molecule has 0 aromatic rings. The van der Waals surface area contributed by atoms with Gasteiger partial charge in [0.15, 0.2) is 0 Å². The van der Waals surface area contributed by atoms with Crippen LogP contribution in [0.3, 0.4) is 0 Å². The van der Waals surface area contributed by atoms with Gasteiger partial charge in [0.05, 0.1) is 5.41 Å². The molecule has 3 aliphatic rings. The summed E-state index contributed by atoms with van der Waals surface area (Å²) in [5, 5.41) is 2.96. The van der Waals surface area contributed by atoms with E-state index in [4.69, 9.17) is 0 Å². The summed E-state index contributed by atoms with van der Waals surface area (Å²) in [6.45, 7) is 0.899. The molecule has 0 radical (unpaired) electrons. The van der Waals surface area contributed by atoms with Crippen LogP contribution in [-0.2, 0) is 4.79 Å². The van der Waals surface area contributed by atoms with E-state index in [1.807, 2.05) is 0 Å². The van der Waals surface area contributed by atoms with E-state index < -0.39 is 0 Å². The van der Waals surface area contributed by atoms with Crippen molar-refractivity contribution in [1.29, 1.82) is 0 Å². The van der Waals surface area contributed by atoms with Crippen molar-refractivity contribution in [2.75, 3.05) is 6.54 Å². The van der Waals surface area contributed by atoms with Crippen LogP contribution in [0.4, 0.5) is 0 Å². The third-order valence-corrected chi connectivity index (χ3v) is 3.82. The van der Waals surface area contributed by atoms with Gasteiger partial charge in [-0.25, -0.2) is 0 Å². The van der Waals surface area contributed by atoms with Crippen LogP contribution < -0.4 is 5.32 Å². The topological polar surface area (TPSA) is 29.1 Å². The van der Waals surface area contributed by atoms with Crippen molar-refractivity contribution in [3.05, 3.63) is 12.2 Å². The largest absolute Gasteiger partial charge is 0.356 e. The van der Waals surface area contributed by atoms with Crippen LogP contribution in [0.25, 0.3) is 0 Å². The number of allylic oxidation sites excluding steroid dienone is 2. The molecule has 2 bridgehead atoms. The summed E-state index contributed by atoms with van der Waals surface area (Å²) in [6.07, 6.45) is 7.96. The van der Waals surface area contributed by atoms with Gasteiger partial charge in [0.1, 0.15) is 0 Å². The van der Waals surface area contributed by atoms with Crippen molar-refractivity contribution in [2.45, 2.75) is 19.3 Å². The lowest BCUT2D eigenvalue weighted by Gasteiger charge is -2.27. The average Bonchev–Trinajstić information content (AvgIpc) is 2.69. The van der Waals surface area contributed by atoms with Crippen LogP contribution in [0.2, 0.25) is 0 Å². The van der Waals surface area contributed by atoms with Crippen molar-refractivity contribution in [3.8, 4) is 0 Å². The Morgan fingerprint density at radius 1 is 1.50 bits per heavy atom. The minimum absolute atomic E-state index is 0.0272. The Labute approximate surface area is 72.0 Å². The van der Waals surface area contributed by atoms with Gasteiger partial charge in [0.25, 0.3) is 0 Å². The summed E-state index contributed by atoms with van der Waals surface area (Å²) in [6, 6.07) is 0. The van der Waals surface area contributed by atoms with Crippen LogP contribution in [0.1, 0.15) is 19.3 Å². The van der Waals surface area contributed by atoms with Gasteiger partial charge >= 0.3 is 0 Å². The lowest BCUT2D eigenvalue weighted by Crippen LogP contribution is -2.34. The molecule has 1 saturated heterocycles. The molecule has 64 valence electrons. The molecule has 1 N–H and O–H groups in total. The smallest absolute Gasteiger partial charge is 0.226 e. The van der Waals surface area contributed by atoms with Gasteiger partial charge in [0.2, 0.25) is 5.91 Å². The lowest BCUT2D eigenvalue weighted by atomic mass is 9.74. The van der Waals surface area contributed by atoms with Gasteiger partial charge in [0, 0.05) is 6.54 Å². The van der Waals surface area contributed by atoms with E-state index >= 15 is 0 Å². The summed E-state index contributed by atoms with van der Waals surface area (Å²) in [5.41, 5.74) is 0.0272. The standard InChI is InChI=1S/C10H13NO/c12-9-10(3-4-11-9)6-7-1-2-8(10)5-7/h1-2,7-8H,3-6H2,(H,11,12)/t7?,8?,10-/m0/s1. The van der Waals surface area contributed by atoms with Gasteiger partial charge in [-0.2, -0.15) is 0 Å². The Morgan fingerprint density at radius 2 is 2.42 bits per heavy atom. The van der Waals surface area contributed by atoms with Crippen LogP contribution in [0, 0.1) is 17.3 Å². The minimum atomic E-state index is 0.0272. The molecule has 3 rings (SSSR count). The van der Waals surface area contributed by atoms with E-state index in [9.17, 15) is 4.79 Å². The van der Waals surface area contributed by atoms with Crippen molar-refractivity contribution < 1.29 is 4.79 Å². The molecule has 1 amide bonds. The van der Waals surface area contributed by atoms with Crippen LogP contribution in [0.5, 0.6) is 0 Å². The first-order chi connectivity index (χ1) is 5.81. The van der Waals surface area contributed by atoms with Crippen LogP contribution >= 0.6 is 0 Å². The molecule has 1 spiro atoms. The number of fused-ring (bicyclic) bond motifs is 3. The van der Waals surface area contributed by atoms with Crippen LogP contribution in [-0.4, -0.2) is 12.5 Å². The molecule has 2 heteroatoms. The van der Waals surface area contributed by atoms with Gasteiger partial charge in [-0.3, -0.25) is 4.79 Å². The first-order valence-corrected chi connectivity index (χ1v) is 4.78. The molecule has 2 nitrogen and oxygen atoms in total. The maximum absolute atomic E-state index is 11.6. The maximum Gasteiger partial charge on any atom is 0.226 e. The predicted octanol–water partition coefficient (Wildman–Crippen LogP) is 1.09. The molecule has 1 heterocycles. The number of carbonyl (C=O) groups is 1. The molecule has 0 aromatic heterocycles. The Hall–Kier alpha value is -0.790. The highest BCUT2D eigenvalue weighted by Crippen LogP contribution is 2.55. The summed E-state index contributed by atoms with van der Waals surface area (Å²) >= 11 is 0. The first-order valence-electron chi connectivity index (χ1n) is 4.78. The number of amides is 1. The second-order valence-corrected chi connectivity index (χ2v) is 4.35. The molecule has 0 aromatic carbocycles. The second kappa shape index (κ2) is 1.93. The fourth-order valence-electron chi connectivity index (χ4n) is 3.19. The van der Waals surface area contributed by atoms with E-state index in [0.717, 1.165) is 19.4 Å². The lowest BCUT2D eigenvalue weighted by molar-refractivity contribution is -0.128. The highest BCUT2D eigenvalue weighted by atomic mass is 16.2. The third-order valence-electron chi connectivity index (χ3n) is 3.82. The highest BCUT2D eigenvalue weighted by molar-refractivity contribution is 5.86. The monoisotopic (exact) mass is 163 g/mol. The molecule has 1 saturated carbocycles. The molecule has 2 fully saturated rings. The second-order valence-electron chi connectivity index (χ2n) is 4.35. The van der Waals surface area contributed by atoms with Crippen molar-refractivity contribution in [2.24, 2.45) is 17.3 Å².